The SMILES string of the molecule is CNCCN1CCC(c2ccc3[nH]c(-c4cc(F)ccc4NS(C)(=O)=O)c(F)c3c2)CC1. The van der Waals surface area contributed by atoms with Gasteiger partial charge in [0, 0.05) is 29.6 Å². The fraction of sp³-hybridized carbons (Fsp3) is 0.391. The van der Waals surface area contributed by atoms with Crippen molar-refractivity contribution in [3.8, 4) is 11.3 Å². The van der Waals surface area contributed by atoms with E-state index in [9.17, 15) is 12.8 Å². The number of aromatic amines is 1. The van der Waals surface area contributed by atoms with E-state index >= 15 is 4.39 Å². The zero-order valence-corrected chi connectivity index (χ0v) is 19.0. The molecule has 0 aliphatic carbocycles. The Morgan fingerprint density at radius 2 is 1.88 bits per heavy atom. The molecule has 6 nitrogen and oxygen atoms in total. The van der Waals surface area contributed by atoms with Gasteiger partial charge in [0.2, 0.25) is 10.0 Å². The smallest absolute Gasteiger partial charge is 0.229 e. The molecule has 0 atom stereocenters. The zero-order chi connectivity index (χ0) is 22.9. The first kappa shape index (κ1) is 22.7. The number of halogens is 2. The minimum absolute atomic E-state index is 0.0599. The van der Waals surface area contributed by atoms with Crippen LogP contribution in [0.3, 0.4) is 0 Å². The quantitative estimate of drug-likeness (QED) is 0.498. The van der Waals surface area contributed by atoms with E-state index in [1.165, 1.54) is 6.07 Å². The number of hydrogen-bond donors (Lipinski definition) is 3. The van der Waals surface area contributed by atoms with Crippen molar-refractivity contribution in [3.05, 3.63) is 53.6 Å². The van der Waals surface area contributed by atoms with Crippen molar-refractivity contribution in [1.29, 1.82) is 0 Å². The summed E-state index contributed by atoms with van der Waals surface area (Å²) in [5.74, 6) is -0.738. The van der Waals surface area contributed by atoms with Crippen molar-refractivity contribution >= 4 is 26.6 Å². The maximum absolute atomic E-state index is 15.5. The molecule has 2 aromatic carbocycles. The van der Waals surface area contributed by atoms with E-state index in [-0.39, 0.29) is 16.9 Å². The Morgan fingerprint density at radius 1 is 1.12 bits per heavy atom. The van der Waals surface area contributed by atoms with Gasteiger partial charge in [-0.1, -0.05) is 6.07 Å². The molecule has 1 aliphatic rings. The van der Waals surface area contributed by atoms with Crippen molar-refractivity contribution < 1.29 is 17.2 Å². The molecule has 1 saturated heterocycles. The number of rotatable bonds is 7. The third kappa shape index (κ3) is 4.95. The number of fused-ring (bicyclic) bond motifs is 1. The predicted molar refractivity (Wildman–Crippen MR) is 124 cm³/mol. The van der Waals surface area contributed by atoms with E-state index in [0.717, 1.165) is 63.0 Å². The molecule has 1 aliphatic heterocycles. The van der Waals surface area contributed by atoms with Crippen LogP contribution in [-0.2, 0) is 10.0 Å². The zero-order valence-electron chi connectivity index (χ0n) is 18.2. The average molecular weight is 463 g/mol. The summed E-state index contributed by atoms with van der Waals surface area (Å²) in [6, 6.07) is 9.28. The van der Waals surface area contributed by atoms with Crippen molar-refractivity contribution in [1.82, 2.24) is 15.2 Å². The van der Waals surface area contributed by atoms with E-state index < -0.39 is 21.7 Å². The standard InChI is InChI=1S/C23H28F2N4O2S/c1-26-9-12-29-10-7-15(8-11-29)16-3-5-20-18(13-16)22(25)23(27-20)19-14-17(24)4-6-21(19)28-32(2,30)31/h3-6,13-15,26-28H,7-12H2,1-2H3. The Balaban J connectivity index is 1.65. The second-order valence-electron chi connectivity index (χ2n) is 8.40. The van der Waals surface area contributed by atoms with Gasteiger partial charge in [0.25, 0.3) is 0 Å². The van der Waals surface area contributed by atoms with Gasteiger partial charge in [-0.3, -0.25) is 4.72 Å². The Morgan fingerprint density at radius 3 is 2.56 bits per heavy atom. The number of benzene rings is 2. The molecule has 3 aromatic rings. The number of sulfonamides is 1. The first-order valence-electron chi connectivity index (χ1n) is 10.7. The highest BCUT2D eigenvalue weighted by molar-refractivity contribution is 7.92. The van der Waals surface area contributed by atoms with E-state index in [1.807, 2.05) is 25.2 Å². The van der Waals surface area contributed by atoms with Gasteiger partial charge >= 0.3 is 0 Å². The largest absolute Gasteiger partial charge is 0.352 e. The van der Waals surface area contributed by atoms with Crippen LogP contribution in [-0.4, -0.2) is 57.8 Å². The minimum Gasteiger partial charge on any atom is -0.352 e. The molecule has 32 heavy (non-hydrogen) atoms. The molecule has 172 valence electrons. The Hall–Kier alpha value is -2.49. The topological polar surface area (TPSA) is 77.2 Å². The van der Waals surface area contributed by atoms with Gasteiger partial charge in [0.05, 0.1) is 17.6 Å². The third-order valence-corrected chi connectivity index (χ3v) is 6.63. The summed E-state index contributed by atoms with van der Waals surface area (Å²) in [5.41, 5.74) is 1.98. The van der Waals surface area contributed by atoms with Crippen LogP contribution >= 0.6 is 0 Å². The lowest BCUT2D eigenvalue weighted by Crippen LogP contribution is -2.37. The van der Waals surface area contributed by atoms with Gasteiger partial charge in [-0.2, -0.15) is 0 Å². The van der Waals surface area contributed by atoms with Crippen molar-refractivity contribution in [2.75, 3.05) is 44.2 Å². The van der Waals surface area contributed by atoms with Crippen LogP contribution < -0.4 is 10.0 Å². The molecule has 2 heterocycles. The van der Waals surface area contributed by atoms with Gasteiger partial charge in [0.15, 0.2) is 5.82 Å². The molecule has 0 amide bonds. The molecule has 4 rings (SSSR count). The summed E-state index contributed by atoms with van der Waals surface area (Å²) in [4.78, 5) is 5.43. The van der Waals surface area contributed by atoms with Gasteiger partial charge in [-0.15, -0.1) is 0 Å². The molecule has 0 saturated carbocycles. The van der Waals surface area contributed by atoms with E-state index in [2.05, 4.69) is 19.9 Å². The molecule has 0 unspecified atom stereocenters. The summed E-state index contributed by atoms with van der Waals surface area (Å²) < 4.78 is 55.2. The van der Waals surface area contributed by atoms with Gasteiger partial charge in [-0.05, 0) is 74.8 Å². The fourth-order valence-electron chi connectivity index (χ4n) is 4.39. The van der Waals surface area contributed by atoms with Crippen LogP contribution in [0.1, 0.15) is 24.3 Å². The first-order chi connectivity index (χ1) is 15.2. The Bertz CT molecular complexity index is 1220. The summed E-state index contributed by atoms with van der Waals surface area (Å²) in [5, 5.41) is 3.59. The summed E-state index contributed by atoms with van der Waals surface area (Å²) >= 11 is 0. The number of hydrogen-bond acceptors (Lipinski definition) is 4. The van der Waals surface area contributed by atoms with Crippen LogP contribution in [0.5, 0.6) is 0 Å². The monoisotopic (exact) mass is 462 g/mol. The fourth-order valence-corrected chi connectivity index (χ4v) is 4.97. The lowest BCUT2D eigenvalue weighted by Gasteiger charge is -2.32. The lowest BCUT2D eigenvalue weighted by atomic mass is 9.89. The van der Waals surface area contributed by atoms with Crippen LogP contribution in [0, 0.1) is 11.6 Å². The summed E-state index contributed by atoms with van der Waals surface area (Å²) in [7, 11) is -1.66. The highest BCUT2D eigenvalue weighted by Gasteiger charge is 2.23. The molecule has 1 fully saturated rings. The number of anilines is 1. The molecule has 0 bridgehead atoms. The number of aromatic nitrogens is 1. The number of likely N-dealkylation sites (tertiary alicyclic amines) is 1. The predicted octanol–water partition coefficient (Wildman–Crippen LogP) is 3.88. The molecule has 3 N–H and O–H groups in total. The number of nitrogens with one attached hydrogen (secondary N) is 3. The maximum atomic E-state index is 15.5. The number of likely N-dealkylation sites (N-methyl/N-ethyl adjacent to an activating group) is 1. The van der Waals surface area contributed by atoms with Crippen molar-refractivity contribution in [2.24, 2.45) is 0 Å². The second kappa shape index (κ2) is 9.17. The van der Waals surface area contributed by atoms with Crippen molar-refractivity contribution in [3.63, 3.8) is 0 Å². The lowest BCUT2D eigenvalue weighted by molar-refractivity contribution is 0.214. The van der Waals surface area contributed by atoms with Crippen molar-refractivity contribution in [2.45, 2.75) is 18.8 Å². The molecular weight excluding hydrogens is 434 g/mol. The highest BCUT2D eigenvalue weighted by Crippen LogP contribution is 2.36. The van der Waals surface area contributed by atoms with Gasteiger partial charge in [-0.25, -0.2) is 17.2 Å². The second-order valence-corrected chi connectivity index (χ2v) is 10.2. The number of nitrogens with zero attached hydrogens (tertiary/aromatic N) is 1. The van der Waals surface area contributed by atoms with E-state index in [0.29, 0.717) is 16.8 Å². The van der Waals surface area contributed by atoms with Crippen LogP contribution in [0.15, 0.2) is 36.4 Å². The first-order valence-corrected chi connectivity index (χ1v) is 12.6. The normalized spacial score (nSPS) is 16.0. The third-order valence-electron chi connectivity index (χ3n) is 6.04. The van der Waals surface area contributed by atoms with Gasteiger partial charge in [0.1, 0.15) is 5.82 Å². The molecular formula is C23H28F2N4O2S. The molecule has 0 radical (unpaired) electrons. The molecule has 0 spiro atoms. The van der Waals surface area contributed by atoms with Gasteiger partial charge < -0.3 is 15.2 Å². The van der Waals surface area contributed by atoms with Crippen LogP contribution in [0.25, 0.3) is 22.2 Å². The Kier molecular flexibility index (Phi) is 6.50. The minimum atomic E-state index is -3.61. The van der Waals surface area contributed by atoms with Crippen LogP contribution in [0.4, 0.5) is 14.5 Å². The van der Waals surface area contributed by atoms with E-state index in [4.69, 9.17) is 0 Å². The highest BCUT2D eigenvalue weighted by atomic mass is 32.2. The maximum Gasteiger partial charge on any atom is 0.229 e. The molecule has 1 aromatic heterocycles. The van der Waals surface area contributed by atoms with E-state index in [1.54, 1.807) is 0 Å². The summed E-state index contributed by atoms with van der Waals surface area (Å²) in [6.45, 7) is 4.00. The number of piperidine rings is 1. The number of H-pyrrole nitrogens is 1. The average Bonchev–Trinajstić information content (AvgIpc) is 3.09. The Labute approximate surface area is 187 Å². The molecule has 9 heteroatoms. The van der Waals surface area contributed by atoms with Crippen LogP contribution in [0.2, 0.25) is 0 Å². The summed E-state index contributed by atoms with van der Waals surface area (Å²) in [6.07, 6.45) is 3.03.